The number of aryl methyl sites for hydroxylation is 1. The number of carboxylic acid groups (broad SMARTS) is 1. The molecule has 0 bridgehead atoms. The topological polar surface area (TPSA) is 102 Å². The van der Waals surface area contributed by atoms with Crippen molar-refractivity contribution in [3.8, 4) is 6.07 Å². The molecule has 0 aliphatic heterocycles. The van der Waals surface area contributed by atoms with Gasteiger partial charge in [0.05, 0.1) is 16.8 Å². The molecule has 6 nitrogen and oxygen atoms in total. The summed E-state index contributed by atoms with van der Waals surface area (Å²) in [4.78, 5) is 18.4. The minimum absolute atomic E-state index is 0.235. The molecule has 0 saturated heterocycles. The quantitative estimate of drug-likeness (QED) is 0.423. The maximum atomic E-state index is 11.0. The van der Waals surface area contributed by atoms with Gasteiger partial charge in [0.1, 0.15) is 6.07 Å². The summed E-state index contributed by atoms with van der Waals surface area (Å²) >= 11 is 0. The summed E-state index contributed by atoms with van der Waals surface area (Å²) in [7, 11) is 0. The Hall–Kier alpha value is -4.37. The van der Waals surface area contributed by atoms with Crippen LogP contribution in [0.25, 0.3) is 23.1 Å². The van der Waals surface area contributed by atoms with Gasteiger partial charge in [-0.1, -0.05) is 24.3 Å². The van der Waals surface area contributed by atoms with Crippen molar-refractivity contribution in [2.75, 3.05) is 5.32 Å². The van der Waals surface area contributed by atoms with Crippen LogP contribution in [0.2, 0.25) is 0 Å². The van der Waals surface area contributed by atoms with E-state index in [0.29, 0.717) is 11.3 Å². The van der Waals surface area contributed by atoms with Gasteiger partial charge >= 0.3 is 5.97 Å². The van der Waals surface area contributed by atoms with Crippen molar-refractivity contribution in [1.82, 2.24) is 9.97 Å². The number of nitrogens with one attached hydrogen (secondary N) is 2. The number of fused-ring (bicyclic) bond motifs is 1. The number of nitrogens with zero attached hydrogens (tertiary/aromatic N) is 2. The van der Waals surface area contributed by atoms with E-state index in [0.717, 1.165) is 33.3 Å². The molecule has 2 heterocycles. The van der Waals surface area contributed by atoms with E-state index in [1.165, 1.54) is 6.20 Å². The molecule has 0 aliphatic rings. The molecule has 30 heavy (non-hydrogen) atoms. The zero-order valence-electron chi connectivity index (χ0n) is 16.2. The number of carbonyl (C=O) groups is 1. The van der Waals surface area contributed by atoms with Gasteiger partial charge in [0.25, 0.3) is 0 Å². The first-order chi connectivity index (χ1) is 14.6. The smallest absolute Gasteiger partial charge is 0.335 e. The lowest BCUT2D eigenvalue weighted by Gasteiger charge is -2.14. The van der Waals surface area contributed by atoms with Crippen LogP contribution in [-0.2, 0) is 0 Å². The van der Waals surface area contributed by atoms with E-state index in [2.05, 4.69) is 21.4 Å². The Labute approximate surface area is 173 Å². The molecule has 4 aromatic rings. The van der Waals surface area contributed by atoms with Crippen LogP contribution in [0.4, 0.5) is 11.4 Å². The van der Waals surface area contributed by atoms with Gasteiger partial charge in [0.15, 0.2) is 0 Å². The Kier molecular flexibility index (Phi) is 5.02. The number of hydrogen-bond acceptors (Lipinski definition) is 4. The van der Waals surface area contributed by atoms with E-state index >= 15 is 0 Å². The van der Waals surface area contributed by atoms with Crippen LogP contribution in [0.1, 0.15) is 32.6 Å². The predicted molar refractivity (Wildman–Crippen MR) is 118 cm³/mol. The van der Waals surface area contributed by atoms with E-state index in [9.17, 15) is 10.1 Å². The average molecular weight is 394 g/mol. The number of anilines is 2. The zero-order chi connectivity index (χ0) is 21.1. The number of aromatic amines is 1. The molecule has 4 rings (SSSR count). The van der Waals surface area contributed by atoms with Crippen LogP contribution < -0.4 is 5.32 Å². The molecular weight excluding hydrogens is 376 g/mol. The third-order valence-electron chi connectivity index (χ3n) is 4.97. The fourth-order valence-electron chi connectivity index (χ4n) is 3.30. The van der Waals surface area contributed by atoms with Crippen molar-refractivity contribution >= 4 is 40.4 Å². The number of hydrogen-bond donors (Lipinski definition) is 3. The Balaban J connectivity index is 1.70. The first-order valence-electron chi connectivity index (χ1n) is 9.30. The van der Waals surface area contributed by atoms with Gasteiger partial charge in [-0.15, -0.1) is 0 Å². The van der Waals surface area contributed by atoms with Crippen LogP contribution in [0.15, 0.2) is 61.1 Å². The second kappa shape index (κ2) is 7.94. The molecule has 0 radical (unpaired) electrons. The van der Waals surface area contributed by atoms with Crippen molar-refractivity contribution in [2.24, 2.45) is 0 Å². The molecule has 0 atom stereocenters. The highest BCUT2D eigenvalue weighted by atomic mass is 16.4. The molecule has 3 N–H and O–H groups in total. The van der Waals surface area contributed by atoms with Crippen molar-refractivity contribution in [3.63, 3.8) is 0 Å². The molecule has 0 unspecified atom stereocenters. The molecule has 2 aromatic heterocycles. The van der Waals surface area contributed by atoms with Crippen molar-refractivity contribution in [3.05, 3.63) is 88.9 Å². The third-order valence-corrected chi connectivity index (χ3v) is 4.97. The van der Waals surface area contributed by atoms with E-state index in [4.69, 9.17) is 5.11 Å². The van der Waals surface area contributed by atoms with Crippen molar-refractivity contribution in [2.45, 2.75) is 6.92 Å². The number of aromatic nitrogens is 2. The van der Waals surface area contributed by atoms with Gasteiger partial charge in [0, 0.05) is 40.7 Å². The fourth-order valence-corrected chi connectivity index (χ4v) is 3.30. The zero-order valence-corrected chi connectivity index (χ0v) is 16.2. The lowest BCUT2D eigenvalue weighted by atomic mass is 10.1. The minimum Gasteiger partial charge on any atom is -0.478 e. The summed E-state index contributed by atoms with van der Waals surface area (Å²) in [5.41, 5.74) is 5.98. The third kappa shape index (κ3) is 3.64. The summed E-state index contributed by atoms with van der Waals surface area (Å²) in [6, 6.07) is 14.8. The van der Waals surface area contributed by atoms with Crippen LogP contribution in [0.3, 0.4) is 0 Å². The number of nitriles is 1. The number of carboxylic acids is 1. The number of rotatable bonds is 5. The largest absolute Gasteiger partial charge is 0.478 e. The van der Waals surface area contributed by atoms with E-state index in [-0.39, 0.29) is 5.56 Å². The van der Waals surface area contributed by atoms with Gasteiger partial charge in [-0.25, -0.2) is 4.79 Å². The molecule has 6 heteroatoms. The molecule has 0 saturated carbocycles. The molecule has 146 valence electrons. The Bertz CT molecular complexity index is 1310. The number of benzene rings is 2. The number of pyridine rings is 1. The minimum atomic E-state index is -0.960. The van der Waals surface area contributed by atoms with Crippen molar-refractivity contribution in [1.29, 1.82) is 5.26 Å². The normalized spacial score (nSPS) is 10.9. The van der Waals surface area contributed by atoms with Crippen LogP contribution in [0.5, 0.6) is 0 Å². The summed E-state index contributed by atoms with van der Waals surface area (Å²) in [5, 5.41) is 23.1. The average Bonchev–Trinajstić information content (AvgIpc) is 3.24. The van der Waals surface area contributed by atoms with Crippen LogP contribution in [0, 0.1) is 18.3 Å². The molecule has 0 amide bonds. The highest BCUT2D eigenvalue weighted by Gasteiger charge is 2.11. The van der Waals surface area contributed by atoms with E-state index < -0.39 is 5.97 Å². The first kappa shape index (κ1) is 19.0. The summed E-state index contributed by atoms with van der Waals surface area (Å²) in [6.07, 6.45) is 8.84. The Morgan fingerprint density at radius 1 is 1.13 bits per heavy atom. The second-order valence-corrected chi connectivity index (χ2v) is 6.83. The maximum Gasteiger partial charge on any atom is 0.335 e. The Morgan fingerprint density at radius 3 is 2.67 bits per heavy atom. The fraction of sp³-hybridized carbons (Fsp3) is 0.0417. The van der Waals surface area contributed by atoms with E-state index in [1.807, 2.05) is 43.5 Å². The predicted octanol–water partition coefficient (Wildman–Crippen LogP) is 5.36. The van der Waals surface area contributed by atoms with Gasteiger partial charge in [-0.3, -0.25) is 4.98 Å². The van der Waals surface area contributed by atoms with Gasteiger partial charge in [0.2, 0.25) is 0 Å². The highest BCUT2D eigenvalue weighted by molar-refractivity contribution is 5.91. The molecular formula is C24H18N4O2. The SMILES string of the molecule is Cc1c(Nc2c(C#N)cncc2/C=C/c2ccc(C(=O)O)cc2)ccc2[nH]ccc12. The summed E-state index contributed by atoms with van der Waals surface area (Å²) in [6.45, 7) is 2.03. The second-order valence-electron chi connectivity index (χ2n) is 6.83. The molecule has 0 aliphatic carbocycles. The summed E-state index contributed by atoms with van der Waals surface area (Å²) in [5.74, 6) is -0.960. The lowest BCUT2D eigenvalue weighted by Crippen LogP contribution is -1.99. The molecule has 0 spiro atoms. The van der Waals surface area contributed by atoms with Gasteiger partial charge in [-0.2, -0.15) is 5.26 Å². The van der Waals surface area contributed by atoms with Gasteiger partial charge < -0.3 is 15.4 Å². The first-order valence-corrected chi connectivity index (χ1v) is 9.30. The monoisotopic (exact) mass is 394 g/mol. The molecule has 2 aromatic carbocycles. The molecule has 0 fully saturated rings. The number of H-pyrrole nitrogens is 1. The van der Waals surface area contributed by atoms with Crippen molar-refractivity contribution < 1.29 is 9.90 Å². The maximum absolute atomic E-state index is 11.0. The highest BCUT2D eigenvalue weighted by Crippen LogP contribution is 2.31. The van der Waals surface area contributed by atoms with Gasteiger partial charge in [-0.05, 0) is 48.4 Å². The Morgan fingerprint density at radius 2 is 1.93 bits per heavy atom. The van der Waals surface area contributed by atoms with Crippen LogP contribution in [-0.4, -0.2) is 21.0 Å². The number of aromatic carboxylic acids is 1. The lowest BCUT2D eigenvalue weighted by molar-refractivity contribution is 0.0697. The summed E-state index contributed by atoms with van der Waals surface area (Å²) < 4.78 is 0. The van der Waals surface area contributed by atoms with E-state index in [1.54, 1.807) is 30.5 Å². The standard InChI is InChI=1S/C24H18N4O2/c1-15-20-10-11-27-22(20)9-8-21(15)28-23-18(13-26-14-19(23)12-25)7-4-16-2-5-17(6-3-16)24(29)30/h2-11,13-14,27H,1H3,(H,26,28)(H,29,30)/b7-4+. The van der Waals surface area contributed by atoms with Crippen LogP contribution >= 0.6 is 0 Å².